The minimum Gasteiger partial charge on any atom is -0.379 e. The molecule has 1 amide bonds. The van der Waals surface area contributed by atoms with Gasteiger partial charge < -0.3 is 14.8 Å². The lowest BCUT2D eigenvalue weighted by molar-refractivity contribution is 0.0166. The van der Waals surface area contributed by atoms with Gasteiger partial charge in [-0.2, -0.15) is 5.10 Å². The number of hydrogen-bond donors (Lipinski definition) is 1. The van der Waals surface area contributed by atoms with Crippen molar-refractivity contribution >= 4 is 17.5 Å². The highest BCUT2D eigenvalue weighted by atomic mass is 35.5. The van der Waals surface area contributed by atoms with Crippen LogP contribution in [0.25, 0.3) is 5.69 Å². The van der Waals surface area contributed by atoms with Crippen LogP contribution in [-0.2, 0) is 9.47 Å². The number of nitrogens with one attached hydrogen (secondary N) is 1. The molecule has 1 atom stereocenters. The van der Waals surface area contributed by atoms with Crippen molar-refractivity contribution in [2.45, 2.75) is 32.3 Å². The van der Waals surface area contributed by atoms with E-state index in [0.717, 1.165) is 19.4 Å². The highest BCUT2D eigenvalue weighted by molar-refractivity contribution is 6.33. The molecular formula is C19H23ClFN3O3. The summed E-state index contributed by atoms with van der Waals surface area (Å²) in [5, 5.41) is 7.33. The van der Waals surface area contributed by atoms with E-state index >= 15 is 0 Å². The van der Waals surface area contributed by atoms with E-state index in [1.165, 1.54) is 16.8 Å². The van der Waals surface area contributed by atoms with Gasteiger partial charge in [0, 0.05) is 19.8 Å². The predicted molar refractivity (Wildman–Crippen MR) is 100 cm³/mol. The van der Waals surface area contributed by atoms with Crippen LogP contribution in [0, 0.1) is 12.7 Å². The first-order chi connectivity index (χ1) is 13.1. The summed E-state index contributed by atoms with van der Waals surface area (Å²) >= 11 is 6.34. The first kappa shape index (κ1) is 19.8. The molecule has 1 unspecified atom stereocenters. The fourth-order valence-electron chi connectivity index (χ4n) is 2.97. The molecule has 0 aliphatic carbocycles. The van der Waals surface area contributed by atoms with E-state index in [1.807, 2.05) is 0 Å². The van der Waals surface area contributed by atoms with Crippen LogP contribution in [0.2, 0.25) is 5.15 Å². The molecule has 27 heavy (non-hydrogen) atoms. The van der Waals surface area contributed by atoms with Gasteiger partial charge in [0.1, 0.15) is 11.0 Å². The Kier molecular flexibility index (Phi) is 6.82. The molecule has 3 rings (SSSR count). The van der Waals surface area contributed by atoms with Crippen LogP contribution in [0.15, 0.2) is 24.3 Å². The molecule has 146 valence electrons. The van der Waals surface area contributed by atoms with E-state index in [0.29, 0.717) is 43.1 Å². The third-order valence-corrected chi connectivity index (χ3v) is 4.73. The quantitative estimate of drug-likeness (QED) is 0.696. The molecule has 2 aromatic rings. The van der Waals surface area contributed by atoms with Crippen LogP contribution < -0.4 is 5.32 Å². The Balaban J connectivity index is 1.50. The van der Waals surface area contributed by atoms with Gasteiger partial charge in [0.25, 0.3) is 5.91 Å². The molecule has 0 radical (unpaired) electrons. The van der Waals surface area contributed by atoms with Crippen molar-refractivity contribution in [1.29, 1.82) is 0 Å². The highest BCUT2D eigenvalue weighted by Gasteiger charge is 2.21. The Morgan fingerprint density at radius 3 is 2.93 bits per heavy atom. The Hall–Kier alpha value is -1.96. The zero-order valence-corrected chi connectivity index (χ0v) is 16.0. The number of hydrogen-bond acceptors (Lipinski definition) is 4. The maximum Gasteiger partial charge on any atom is 0.256 e. The summed E-state index contributed by atoms with van der Waals surface area (Å²) in [6.45, 7) is 4.16. The molecule has 1 aliphatic rings. The van der Waals surface area contributed by atoms with Crippen LogP contribution >= 0.6 is 11.6 Å². The zero-order chi connectivity index (χ0) is 19.2. The number of carbonyl (C=O) groups is 1. The maximum absolute atomic E-state index is 13.1. The molecule has 0 spiro atoms. The van der Waals surface area contributed by atoms with Crippen molar-refractivity contribution in [2.75, 3.05) is 26.4 Å². The van der Waals surface area contributed by atoms with Crippen LogP contribution in [0.5, 0.6) is 0 Å². The lowest BCUT2D eigenvalue weighted by Crippen LogP contribution is -2.26. The normalized spacial score (nSPS) is 16.6. The summed E-state index contributed by atoms with van der Waals surface area (Å²) in [7, 11) is 0. The van der Waals surface area contributed by atoms with E-state index in [1.54, 1.807) is 19.1 Å². The second-order valence-corrected chi connectivity index (χ2v) is 6.82. The van der Waals surface area contributed by atoms with E-state index < -0.39 is 0 Å². The third-order valence-electron chi connectivity index (χ3n) is 4.38. The van der Waals surface area contributed by atoms with Crippen molar-refractivity contribution in [3.05, 3.63) is 46.5 Å². The molecule has 0 saturated carbocycles. The fourth-order valence-corrected chi connectivity index (χ4v) is 3.32. The Labute approximate surface area is 162 Å². The van der Waals surface area contributed by atoms with Crippen LogP contribution in [-0.4, -0.2) is 48.2 Å². The van der Waals surface area contributed by atoms with Gasteiger partial charge in [-0.1, -0.05) is 11.6 Å². The van der Waals surface area contributed by atoms with Crippen molar-refractivity contribution in [3.63, 3.8) is 0 Å². The smallest absolute Gasteiger partial charge is 0.256 e. The van der Waals surface area contributed by atoms with Crippen molar-refractivity contribution in [3.8, 4) is 5.69 Å². The second-order valence-electron chi connectivity index (χ2n) is 6.46. The molecule has 1 aromatic heterocycles. The largest absolute Gasteiger partial charge is 0.379 e. The van der Waals surface area contributed by atoms with E-state index in [4.69, 9.17) is 21.1 Å². The number of ether oxygens (including phenoxy) is 2. The van der Waals surface area contributed by atoms with Crippen molar-refractivity contribution < 1.29 is 18.7 Å². The number of aryl methyl sites for hydroxylation is 1. The fraction of sp³-hybridized carbons (Fsp3) is 0.474. The topological polar surface area (TPSA) is 65.4 Å². The van der Waals surface area contributed by atoms with Crippen LogP contribution in [0.3, 0.4) is 0 Å². The Morgan fingerprint density at radius 2 is 2.22 bits per heavy atom. The SMILES string of the molecule is Cc1nn(-c2ccc(F)cc2)c(Cl)c1C(=O)NCCCOCC1CCCO1. The summed E-state index contributed by atoms with van der Waals surface area (Å²) in [6.07, 6.45) is 3.04. The summed E-state index contributed by atoms with van der Waals surface area (Å²) in [5.41, 5.74) is 1.42. The van der Waals surface area contributed by atoms with Crippen LogP contribution in [0.4, 0.5) is 4.39 Å². The molecule has 1 N–H and O–H groups in total. The number of halogens is 2. The molecular weight excluding hydrogens is 373 g/mol. The molecule has 8 heteroatoms. The summed E-state index contributed by atoms with van der Waals surface area (Å²) in [4.78, 5) is 12.5. The van der Waals surface area contributed by atoms with Gasteiger partial charge >= 0.3 is 0 Å². The van der Waals surface area contributed by atoms with Gasteiger partial charge in [0.05, 0.1) is 29.7 Å². The predicted octanol–water partition coefficient (Wildman–Crippen LogP) is 3.29. The highest BCUT2D eigenvalue weighted by Crippen LogP contribution is 2.23. The maximum atomic E-state index is 13.1. The average Bonchev–Trinajstić information content (AvgIpc) is 3.26. The van der Waals surface area contributed by atoms with E-state index in [2.05, 4.69) is 10.4 Å². The van der Waals surface area contributed by atoms with E-state index in [9.17, 15) is 9.18 Å². The van der Waals surface area contributed by atoms with E-state index in [-0.39, 0.29) is 23.0 Å². The molecule has 6 nitrogen and oxygen atoms in total. The Bertz CT molecular complexity index is 773. The molecule has 2 heterocycles. The number of carbonyl (C=O) groups excluding carboxylic acids is 1. The van der Waals surface area contributed by atoms with Gasteiger partial charge in [0.2, 0.25) is 0 Å². The summed E-state index contributed by atoms with van der Waals surface area (Å²) < 4.78 is 25.6. The molecule has 1 saturated heterocycles. The summed E-state index contributed by atoms with van der Waals surface area (Å²) in [5.74, 6) is -0.636. The van der Waals surface area contributed by atoms with Gasteiger partial charge in [0.15, 0.2) is 0 Å². The lowest BCUT2D eigenvalue weighted by Gasteiger charge is -2.10. The monoisotopic (exact) mass is 395 g/mol. The number of rotatable bonds is 8. The van der Waals surface area contributed by atoms with Crippen LogP contribution in [0.1, 0.15) is 35.3 Å². The van der Waals surface area contributed by atoms with Gasteiger partial charge in [-0.3, -0.25) is 4.79 Å². The van der Waals surface area contributed by atoms with Crippen molar-refractivity contribution in [2.24, 2.45) is 0 Å². The summed E-state index contributed by atoms with van der Waals surface area (Å²) in [6, 6.07) is 5.75. The minimum atomic E-state index is -0.349. The number of nitrogens with zero attached hydrogens (tertiary/aromatic N) is 2. The molecule has 0 bridgehead atoms. The first-order valence-corrected chi connectivity index (χ1v) is 9.42. The third kappa shape index (κ3) is 5.06. The zero-order valence-electron chi connectivity index (χ0n) is 15.2. The molecule has 1 aromatic carbocycles. The minimum absolute atomic E-state index is 0.200. The standard InChI is InChI=1S/C19H23ClFN3O3/c1-13-17(18(20)24(23-13)15-7-5-14(21)6-8-15)19(25)22-9-3-10-26-12-16-4-2-11-27-16/h5-8,16H,2-4,9-12H2,1H3,(H,22,25). The van der Waals surface area contributed by atoms with Gasteiger partial charge in [-0.25, -0.2) is 9.07 Å². The number of benzene rings is 1. The molecule has 1 fully saturated rings. The second kappa shape index (κ2) is 9.30. The number of amides is 1. The van der Waals surface area contributed by atoms with Gasteiger partial charge in [-0.15, -0.1) is 0 Å². The molecule has 1 aliphatic heterocycles. The first-order valence-electron chi connectivity index (χ1n) is 9.05. The van der Waals surface area contributed by atoms with Gasteiger partial charge in [-0.05, 0) is 50.5 Å². The lowest BCUT2D eigenvalue weighted by atomic mass is 10.2. The number of aromatic nitrogens is 2. The van der Waals surface area contributed by atoms with Crippen molar-refractivity contribution in [1.82, 2.24) is 15.1 Å². The average molecular weight is 396 g/mol. The Morgan fingerprint density at radius 1 is 1.44 bits per heavy atom.